The summed E-state index contributed by atoms with van der Waals surface area (Å²) in [5.41, 5.74) is 10.6. The Balaban J connectivity index is 1.52. The third-order valence-electron chi connectivity index (χ3n) is 8.42. The van der Waals surface area contributed by atoms with E-state index < -0.39 is 11.5 Å². The number of nitrogens with zero attached hydrogens (tertiary/aromatic N) is 3. The zero-order chi connectivity index (χ0) is 27.0. The van der Waals surface area contributed by atoms with E-state index in [1.807, 2.05) is 12.1 Å². The lowest BCUT2D eigenvalue weighted by Crippen LogP contribution is -2.51. The fourth-order valence-electron chi connectivity index (χ4n) is 6.16. The molecular formula is C29H36ClFN6O. The highest BCUT2D eigenvalue weighted by Crippen LogP contribution is 2.53. The van der Waals surface area contributed by atoms with Gasteiger partial charge in [0.15, 0.2) is 0 Å². The first-order chi connectivity index (χ1) is 18.2. The standard InChI is InChI=1S/C29H36ClFN6O/c1-17(2)19-11-13-29(14-12-19)34-26(22-9-10-24(31)23(30)16-22)28(38)37(29)27(21-7-8-21)20-5-3-18(4-6-20)15-25(32)35-36-33/h3-6,9-10,16-17,19,21,27,36H,7-8,11-15,33H2,1-2H3,(H2,32,35). The van der Waals surface area contributed by atoms with Gasteiger partial charge in [0.1, 0.15) is 23.0 Å². The number of amides is 1. The normalized spacial score (nSPS) is 24.7. The minimum absolute atomic E-state index is 0.00371. The van der Waals surface area contributed by atoms with Crippen LogP contribution in [0.3, 0.4) is 0 Å². The number of halogens is 2. The highest BCUT2D eigenvalue weighted by atomic mass is 35.5. The monoisotopic (exact) mass is 538 g/mol. The molecular weight excluding hydrogens is 503 g/mol. The molecule has 2 aromatic carbocycles. The molecule has 1 atom stereocenters. The van der Waals surface area contributed by atoms with Crippen LogP contribution in [-0.2, 0) is 11.2 Å². The van der Waals surface area contributed by atoms with Crippen molar-refractivity contribution in [1.29, 1.82) is 0 Å². The second kappa shape index (κ2) is 10.7. The number of nitrogens with two attached hydrogens (primary N) is 2. The second-order valence-corrected chi connectivity index (χ2v) is 11.7. The van der Waals surface area contributed by atoms with E-state index in [9.17, 15) is 9.18 Å². The van der Waals surface area contributed by atoms with E-state index in [4.69, 9.17) is 28.2 Å². The molecule has 0 saturated heterocycles. The van der Waals surface area contributed by atoms with Crippen molar-refractivity contribution >= 4 is 29.1 Å². The summed E-state index contributed by atoms with van der Waals surface area (Å²) in [7, 11) is 0. The third-order valence-corrected chi connectivity index (χ3v) is 8.71. The van der Waals surface area contributed by atoms with Gasteiger partial charge >= 0.3 is 0 Å². The summed E-state index contributed by atoms with van der Waals surface area (Å²) in [5, 5.41) is 3.83. The van der Waals surface area contributed by atoms with E-state index in [0.29, 0.717) is 41.3 Å². The molecule has 0 aromatic heterocycles. The first-order valence-electron chi connectivity index (χ1n) is 13.5. The number of carbonyl (C=O) groups excluding carboxylic acids is 1. The third kappa shape index (κ3) is 5.16. The van der Waals surface area contributed by atoms with Gasteiger partial charge in [-0.25, -0.2) is 15.8 Å². The van der Waals surface area contributed by atoms with Crippen LogP contribution in [0.5, 0.6) is 0 Å². The molecule has 2 aromatic rings. The maximum Gasteiger partial charge on any atom is 0.275 e. The molecule has 3 aliphatic rings. The fourth-order valence-corrected chi connectivity index (χ4v) is 6.34. The zero-order valence-corrected chi connectivity index (χ0v) is 22.7. The van der Waals surface area contributed by atoms with E-state index in [1.165, 1.54) is 12.1 Å². The Morgan fingerprint density at radius 3 is 2.42 bits per heavy atom. The Morgan fingerprint density at radius 2 is 1.84 bits per heavy atom. The van der Waals surface area contributed by atoms with Gasteiger partial charge in [0.2, 0.25) is 0 Å². The quantitative estimate of drug-likeness (QED) is 0.188. The van der Waals surface area contributed by atoms with Gasteiger partial charge in [0.25, 0.3) is 5.91 Å². The van der Waals surface area contributed by atoms with Crippen LogP contribution in [0, 0.1) is 23.6 Å². The van der Waals surface area contributed by atoms with Crippen molar-refractivity contribution in [2.24, 2.45) is 39.4 Å². The van der Waals surface area contributed by atoms with Crippen LogP contribution in [0.2, 0.25) is 5.02 Å². The Bertz CT molecular complexity index is 1250. The maximum atomic E-state index is 14.2. The topological polar surface area (TPSA) is 109 Å². The molecule has 202 valence electrons. The summed E-state index contributed by atoms with van der Waals surface area (Å²) < 4.78 is 14.0. The van der Waals surface area contributed by atoms with Crippen molar-refractivity contribution in [2.45, 2.75) is 70.5 Å². The van der Waals surface area contributed by atoms with Crippen molar-refractivity contribution in [2.75, 3.05) is 0 Å². The van der Waals surface area contributed by atoms with Crippen LogP contribution in [0.1, 0.15) is 75.1 Å². The summed E-state index contributed by atoms with van der Waals surface area (Å²) in [4.78, 5) is 21.5. The van der Waals surface area contributed by atoms with E-state index in [0.717, 1.165) is 49.7 Å². The summed E-state index contributed by atoms with van der Waals surface area (Å²) in [6.07, 6.45) is 6.29. The lowest BCUT2D eigenvalue weighted by Gasteiger charge is -2.46. The van der Waals surface area contributed by atoms with Crippen molar-refractivity contribution < 1.29 is 9.18 Å². The maximum absolute atomic E-state index is 14.2. The van der Waals surface area contributed by atoms with Gasteiger partial charge in [-0.05, 0) is 85.6 Å². The van der Waals surface area contributed by atoms with Gasteiger partial charge in [0.05, 0.1) is 11.1 Å². The number of benzene rings is 2. The van der Waals surface area contributed by atoms with Gasteiger partial charge in [0, 0.05) is 12.0 Å². The number of hydrazine groups is 1. The number of rotatable bonds is 8. The zero-order valence-electron chi connectivity index (χ0n) is 22.0. The summed E-state index contributed by atoms with van der Waals surface area (Å²) >= 11 is 6.11. The minimum atomic E-state index is -0.603. The highest BCUT2D eigenvalue weighted by Gasteiger charge is 2.54. The smallest absolute Gasteiger partial charge is 0.275 e. The predicted octanol–water partition coefficient (Wildman–Crippen LogP) is 5.08. The molecule has 5 rings (SSSR count). The number of aliphatic imine (C=N–C) groups is 1. The number of nitrogens with one attached hydrogen (secondary N) is 1. The molecule has 2 aliphatic carbocycles. The first-order valence-corrected chi connectivity index (χ1v) is 13.9. The van der Waals surface area contributed by atoms with Crippen molar-refractivity contribution in [3.8, 4) is 0 Å². The molecule has 1 spiro atoms. The SMILES string of the molecule is CC(C)C1CCC2(CC1)N=C(c1ccc(F)c(Cl)c1)C(=O)N2C(c1ccc(C/C(N)=N/NN)cc1)C1CC1. The Labute approximate surface area is 228 Å². The van der Waals surface area contributed by atoms with Gasteiger partial charge in [-0.3, -0.25) is 9.79 Å². The molecule has 0 radical (unpaired) electrons. The minimum Gasteiger partial charge on any atom is -0.385 e. The first kappa shape index (κ1) is 26.6. The van der Waals surface area contributed by atoms with E-state index in [-0.39, 0.29) is 17.0 Å². The Hall–Kier alpha value is -2.97. The van der Waals surface area contributed by atoms with Crippen LogP contribution in [0.15, 0.2) is 52.6 Å². The van der Waals surface area contributed by atoms with Crippen LogP contribution in [0.4, 0.5) is 4.39 Å². The van der Waals surface area contributed by atoms with Gasteiger partial charge in [-0.2, -0.15) is 5.10 Å². The number of hydrogen-bond acceptors (Lipinski definition) is 5. The molecule has 1 heterocycles. The van der Waals surface area contributed by atoms with Gasteiger partial charge < -0.3 is 10.6 Å². The molecule has 0 bridgehead atoms. The van der Waals surface area contributed by atoms with Crippen LogP contribution >= 0.6 is 11.6 Å². The fraction of sp³-hybridized carbons (Fsp3) is 0.483. The van der Waals surface area contributed by atoms with Crippen molar-refractivity contribution in [3.05, 3.63) is 70.0 Å². The number of amidine groups is 1. The number of carbonyl (C=O) groups is 1. The Morgan fingerprint density at radius 1 is 1.16 bits per heavy atom. The van der Waals surface area contributed by atoms with E-state index in [1.54, 1.807) is 6.07 Å². The molecule has 9 heteroatoms. The van der Waals surface area contributed by atoms with Crippen LogP contribution in [0.25, 0.3) is 0 Å². The molecule has 1 unspecified atom stereocenters. The Kier molecular flexibility index (Phi) is 7.47. The summed E-state index contributed by atoms with van der Waals surface area (Å²) in [6, 6.07) is 12.6. The second-order valence-electron chi connectivity index (χ2n) is 11.3. The average Bonchev–Trinajstić information content (AvgIpc) is 3.69. The van der Waals surface area contributed by atoms with Crippen molar-refractivity contribution in [1.82, 2.24) is 10.4 Å². The van der Waals surface area contributed by atoms with Crippen LogP contribution in [-0.4, -0.2) is 28.0 Å². The van der Waals surface area contributed by atoms with Gasteiger partial charge in [-0.1, -0.05) is 49.7 Å². The summed E-state index contributed by atoms with van der Waals surface area (Å²) in [6.45, 7) is 4.54. The molecule has 2 saturated carbocycles. The summed E-state index contributed by atoms with van der Waals surface area (Å²) in [5.74, 6) is 6.62. The lowest BCUT2D eigenvalue weighted by molar-refractivity contribution is -0.134. The highest BCUT2D eigenvalue weighted by molar-refractivity contribution is 6.47. The number of hydrogen-bond donors (Lipinski definition) is 3. The molecule has 38 heavy (non-hydrogen) atoms. The van der Waals surface area contributed by atoms with E-state index >= 15 is 0 Å². The largest absolute Gasteiger partial charge is 0.385 e. The molecule has 1 amide bonds. The lowest BCUT2D eigenvalue weighted by atomic mass is 9.76. The van der Waals surface area contributed by atoms with E-state index in [2.05, 4.69) is 41.5 Å². The molecule has 1 aliphatic heterocycles. The predicted molar refractivity (Wildman–Crippen MR) is 149 cm³/mol. The molecule has 7 nitrogen and oxygen atoms in total. The average molecular weight is 539 g/mol. The van der Waals surface area contributed by atoms with Crippen LogP contribution < -0.4 is 17.1 Å². The molecule has 5 N–H and O–H groups in total. The number of hydrazone groups is 1. The van der Waals surface area contributed by atoms with Crippen molar-refractivity contribution in [3.63, 3.8) is 0 Å². The molecule has 2 fully saturated rings. The van der Waals surface area contributed by atoms with Gasteiger partial charge in [-0.15, -0.1) is 0 Å².